The highest BCUT2D eigenvalue weighted by Crippen LogP contribution is 2.40. The minimum Gasteiger partial charge on any atom is -0.493 e. The van der Waals surface area contributed by atoms with Crippen LogP contribution in [0, 0.1) is 0 Å². The monoisotopic (exact) mass is 245 g/mol. The van der Waals surface area contributed by atoms with Crippen molar-refractivity contribution in [3.05, 3.63) is 21.9 Å². The van der Waals surface area contributed by atoms with Crippen LogP contribution in [0.3, 0.4) is 0 Å². The Balaban J connectivity index is 3.36. The number of hydrogen-bond acceptors (Lipinski definition) is 2. The molecule has 0 unspecified atom stereocenters. The van der Waals surface area contributed by atoms with Gasteiger partial charge in [0.25, 0.3) is 0 Å². The molecule has 1 rings (SSSR count). The van der Waals surface area contributed by atoms with Crippen molar-refractivity contribution in [2.75, 3.05) is 7.11 Å². The molecule has 0 spiro atoms. The Bertz CT molecular complexity index is 354. The molecule has 0 N–H and O–H groups in total. The van der Waals surface area contributed by atoms with Crippen LogP contribution in [0.15, 0.2) is 6.20 Å². The molecule has 0 fully saturated rings. The highest BCUT2D eigenvalue weighted by molar-refractivity contribution is 6.37. The van der Waals surface area contributed by atoms with E-state index < -0.39 is 16.9 Å². The first-order valence-electron chi connectivity index (χ1n) is 3.33. The lowest BCUT2D eigenvalue weighted by Gasteiger charge is -2.11. The van der Waals surface area contributed by atoms with Crippen LogP contribution < -0.4 is 4.74 Å². The molecule has 0 saturated carbocycles. The summed E-state index contributed by atoms with van der Waals surface area (Å²) in [5.74, 6) is -0.226. The average Bonchev–Trinajstić information content (AvgIpc) is 2.02. The minimum absolute atomic E-state index is 0.0644. The Kier molecular flexibility index (Phi) is 3.11. The Labute approximate surface area is 87.6 Å². The molecule has 0 amide bonds. The molecule has 0 aliphatic rings. The van der Waals surface area contributed by atoms with Crippen LogP contribution in [0.4, 0.5) is 13.2 Å². The highest BCUT2D eigenvalue weighted by Gasteiger charge is 2.37. The molecule has 0 aliphatic heterocycles. The molecule has 0 radical (unpaired) electrons. The Morgan fingerprint density at radius 1 is 1.36 bits per heavy atom. The van der Waals surface area contributed by atoms with Crippen LogP contribution in [0.2, 0.25) is 10.0 Å². The lowest BCUT2D eigenvalue weighted by Crippen LogP contribution is -2.09. The van der Waals surface area contributed by atoms with Gasteiger partial charge >= 0.3 is 6.18 Å². The number of alkyl halides is 3. The van der Waals surface area contributed by atoms with Crippen LogP contribution >= 0.6 is 23.2 Å². The maximum Gasteiger partial charge on any atom is 0.434 e. The van der Waals surface area contributed by atoms with Gasteiger partial charge in [0.1, 0.15) is 10.0 Å². The van der Waals surface area contributed by atoms with Gasteiger partial charge in [0.15, 0.2) is 11.4 Å². The maximum absolute atomic E-state index is 12.3. The van der Waals surface area contributed by atoms with E-state index in [1.807, 2.05) is 0 Å². The summed E-state index contributed by atoms with van der Waals surface area (Å²) >= 11 is 10.9. The van der Waals surface area contributed by atoms with E-state index in [0.717, 1.165) is 6.20 Å². The van der Waals surface area contributed by atoms with Crippen LogP contribution in [0.25, 0.3) is 0 Å². The lowest BCUT2D eigenvalue weighted by atomic mass is 10.3. The third-order valence-electron chi connectivity index (χ3n) is 1.40. The second-order valence-corrected chi connectivity index (χ2v) is 3.08. The van der Waals surface area contributed by atoms with Crippen molar-refractivity contribution < 1.29 is 17.9 Å². The summed E-state index contributed by atoms with van der Waals surface area (Å²) in [6.07, 6.45) is -3.77. The minimum atomic E-state index is -4.62. The van der Waals surface area contributed by atoms with Gasteiger partial charge in [-0.05, 0) is 0 Å². The smallest absolute Gasteiger partial charge is 0.434 e. The maximum atomic E-state index is 12.3. The van der Waals surface area contributed by atoms with Gasteiger partial charge in [0.05, 0.1) is 13.3 Å². The van der Waals surface area contributed by atoms with Crippen LogP contribution in [-0.4, -0.2) is 12.1 Å². The number of pyridine rings is 1. The van der Waals surface area contributed by atoms with Gasteiger partial charge in [-0.3, -0.25) is 0 Å². The Hall–Kier alpha value is -0.680. The SMILES string of the molecule is COc1c(Cl)cnc(C(F)(F)F)c1Cl. The number of aromatic nitrogens is 1. The number of ether oxygens (including phenoxy) is 1. The van der Waals surface area contributed by atoms with Gasteiger partial charge in [0, 0.05) is 0 Å². The molecule has 78 valence electrons. The van der Waals surface area contributed by atoms with Crippen molar-refractivity contribution in [3.63, 3.8) is 0 Å². The first kappa shape index (κ1) is 11.4. The first-order chi connectivity index (χ1) is 6.38. The Morgan fingerprint density at radius 2 is 1.93 bits per heavy atom. The third kappa shape index (κ3) is 2.04. The second kappa shape index (κ2) is 3.82. The van der Waals surface area contributed by atoms with E-state index in [4.69, 9.17) is 23.2 Å². The first-order valence-corrected chi connectivity index (χ1v) is 4.08. The van der Waals surface area contributed by atoms with E-state index in [-0.39, 0.29) is 10.8 Å². The van der Waals surface area contributed by atoms with Gasteiger partial charge in [-0.2, -0.15) is 13.2 Å². The summed E-state index contributed by atoms with van der Waals surface area (Å²) in [6, 6.07) is 0. The van der Waals surface area contributed by atoms with Crippen molar-refractivity contribution in [2.45, 2.75) is 6.18 Å². The van der Waals surface area contributed by atoms with E-state index in [1.54, 1.807) is 0 Å². The number of halogens is 5. The summed E-state index contributed by atoms with van der Waals surface area (Å²) in [6.45, 7) is 0. The van der Waals surface area contributed by atoms with E-state index in [1.165, 1.54) is 7.11 Å². The molecular weight excluding hydrogens is 242 g/mol. The summed E-state index contributed by atoms with van der Waals surface area (Å²) < 4.78 is 41.4. The molecule has 2 nitrogen and oxygen atoms in total. The fourth-order valence-corrected chi connectivity index (χ4v) is 1.44. The van der Waals surface area contributed by atoms with Crippen LogP contribution in [0.5, 0.6) is 5.75 Å². The predicted molar refractivity (Wildman–Crippen MR) is 45.8 cm³/mol. The van der Waals surface area contributed by atoms with Crippen molar-refractivity contribution in [1.29, 1.82) is 0 Å². The quantitative estimate of drug-likeness (QED) is 0.757. The molecule has 0 aliphatic carbocycles. The van der Waals surface area contributed by atoms with E-state index in [0.29, 0.717) is 0 Å². The zero-order chi connectivity index (χ0) is 10.9. The zero-order valence-electron chi connectivity index (χ0n) is 6.82. The summed E-state index contributed by atoms with van der Waals surface area (Å²) in [7, 11) is 1.17. The Morgan fingerprint density at radius 3 is 2.36 bits per heavy atom. The number of hydrogen-bond donors (Lipinski definition) is 0. The van der Waals surface area contributed by atoms with Crippen molar-refractivity contribution in [3.8, 4) is 5.75 Å². The van der Waals surface area contributed by atoms with E-state index >= 15 is 0 Å². The molecule has 1 aromatic rings. The summed E-state index contributed by atoms with van der Waals surface area (Å²) in [5.41, 5.74) is -1.21. The van der Waals surface area contributed by atoms with Gasteiger partial charge in [-0.1, -0.05) is 23.2 Å². The van der Waals surface area contributed by atoms with Crippen molar-refractivity contribution >= 4 is 23.2 Å². The largest absolute Gasteiger partial charge is 0.493 e. The molecule has 1 heterocycles. The van der Waals surface area contributed by atoms with Crippen LogP contribution in [0.1, 0.15) is 5.69 Å². The normalized spacial score (nSPS) is 11.6. The molecule has 0 saturated heterocycles. The summed E-state index contributed by atoms with van der Waals surface area (Å²) in [4.78, 5) is 3.09. The van der Waals surface area contributed by atoms with Crippen LogP contribution in [-0.2, 0) is 6.18 Å². The standard InChI is InChI=1S/C7H4Cl2F3NO/c1-14-5-3(8)2-13-6(4(5)9)7(10,11)12/h2H,1H3. The fraction of sp³-hybridized carbons (Fsp3) is 0.286. The van der Waals surface area contributed by atoms with Gasteiger partial charge in [0.2, 0.25) is 0 Å². The zero-order valence-corrected chi connectivity index (χ0v) is 8.33. The van der Waals surface area contributed by atoms with E-state index in [2.05, 4.69) is 9.72 Å². The lowest BCUT2D eigenvalue weighted by molar-refractivity contribution is -0.141. The number of rotatable bonds is 1. The molecule has 0 atom stereocenters. The van der Waals surface area contributed by atoms with E-state index in [9.17, 15) is 13.2 Å². The van der Waals surface area contributed by atoms with Gasteiger partial charge in [-0.25, -0.2) is 4.98 Å². The predicted octanol–water partition coefficient (Wildman–Crippen LogP) is 3.42. The molecule has 14 heavy (non-hydrogen) atoms. The molecular formula is C7H4Cl2F3NO. The third-order valence-corrected chi connectivity index (χ3v) is 2.02. The highest BCUT2D eigenvalue weighted by atomic mass is 35.5. The topological polar surface area (TPSA) is 22.1 Å². The van der Waals surface area contributed by atoms with Crippen molar-refractivity contribution in [2.24, 2.45) is 0 Å². The molecule has 1 aromatic heterocycles. The van der Waals surface area contributed by atoms with Gasteiger partial charge in [-0.15, -0.1) is 0 Å². The second-order valence-electron chi connectivity index (χ2n) is 2.30. The molecule has 7 heteroatoms. The average molecular weight is 246 g/mol. The molecule has 0 bridgehead atoms. The number of methoxy groups -OCH3 is 1. The van der Waals surface area contributed by atoms with Gasteiger partial charge < -0.3 is 4.74 Å². The number of nitrogens with zero attached hydrogens (tertiary/aromatic N) is 1. The van der Waals surface area contributed by atoms with Crippen molar-refractivity contribution in [1.82, 2.24) is 4.98 Å². The molecule has 0 aromatic carbocycles. The fourth-order valence-electron chi connectivity index (χ4n) is 0.834. The summed E-state index contributed by atoms with van der Waals surface area (Å²) in [5, 5.41) is -0.696.